The van der Waals surface area contributed by atoms with Gasteiger partial charge in [0.15, 0.2) is 0 Å². The maximum absolute atomic E-state index is 12.2. The molecule has 2 rings (SSSR count). The zero-order chi connectivity index (χ0) is 19.6. The molecule has 0 atom stereocenters. The van der Waals surface area contributed by atoms with Gasteiger partial charge in [-0.2, -0.15) is 5.10 Å². The fourth-order valence-electron chi connectivity index (χ4n) is 2.31. The van der Waals surface area contributed by atoms with Crippen LogP contribution in [0.15, 0.2) is 65.8 Å². The highest BCUT2D eigenvalue weighted by Gasteiger charge is 2.07. The number of nitrogens with zero attached hydrogens (tertiary/aromatic N) is 1. The van der Waals surface area contributed by atoms with Crippen LogP contribution >= 0.6 is 0 Å². The highest BCUT2D eigenvalue weighted by Crippen LogP contribution is 2.11. The van der Waals surface area contributed by atoms with E-state index in [1.54, 1.807) is 24.3 Å². The van der Waals surface area contributed by atoms with Crippen LogP contribution in [0.5, 0.6) is 0 Å². The molecular formula is C22H25N3O2. The number of rotatable bonds is 7. The van der Waals surface area contributed by atoms with Gasteiger partial charge in [0.1, 0.15) is 0 Å². The second kappa shape index (κ2) is 10.1. The molecule has 0 bridgehead atoms. The highest BCUT2D eigenvalue weighted by molar-refractivity contribution is 5.99. The molecule has 0 saturated heterocycles. The number of carbonyl (C=O) groups is 2. The molecular weight excluding hydrogens is 338 g/mol. The minimum absolute atomic E-state index is 0.0346. The van der Waals surface area contributed by atoms with Crippen LogP contribution in [0.25, 0.3) is 6.08 Å². The fraction of sp³-hybridized carbons (Fsp3) is 0.227. The van der Waals surface area contributed by atoms with Crippen LogP contribution in [0.1, 0.15) is 43.1 Å². The Morgan fingerprint density at radius 1 is 1.04 bits per heavy atom. The average Bonchev–Trinajstić information content (AvgIpc) is 2.65. The van der Waals surface area contributed by atoms with Gasteiger partial charge in [0.05, 0.1) is 5.71 Å². The van der Waals surface area contributed by atoms with Crippen molar-refractivity contribution in [3.05, 3.63) is 71.8 Å². The van der Waals surface area contributed by atoms with Crippen molar-refractivity contribution in [1.29, 1.82) is 0 Å². The largest absolute Gasteiger partial charge is 0.326 e. The van der Waals surface area contributed by atoms with E-state index in [9.17, 15) is 9.59 Å². The molecule has 27 heavy (non-hydrogen) atoms. The van der Waals surface area contributed by atoms with E-state index >= 15 is 0 Å². The van der Waals surface area contributed by atoms with Crippen molar-refractivity contribution in [3.63, 3.8) is 0 Å². The summed E-state index contributed by atoms with van der Waals surface area (Å²) in [5.74, 6) is -0.0396. The molecule has 2 amide bonds. The normalized spacial score (nSPS) is 11.6. The van der Waals surface area contributed by atoms with Gasteiger partial charge >= 0.3 is 0 Å². The number of amides is 2. The third-order valence-corrected chi connectivity index (χ3v) is 3.67. The number of hydrazone groups is 1. The molecule has 0 radical (unpaired) electrons. The summed E-state index contributed by atoms with van der Waals surface area (Å²) in [4.78, 5) is 23.9. The van der Waals surface area contributed by atoms with Crippen molar-refractivity contribution >= 4 is 29.3 Å². The average molecular weight is 363 g/mol. The minimum atomic E-state index is -0.303. The summed E-state index contributed by atoms with van der Waals surface area (Å²) in [5, 5.41) is 6.89. The molecule has 140 valence electrons. The molecule has 0 heterocycles. The Morgan fingerprint density at radius 3 is 2.33 bits per heavy atom. The molecule has 0 aliphatic carbocycles. The monoisotopic (exact) mass is 363 g/mol. The molecule has 0 aliphatic rings. The Kier molecular flexibility index (Phi) is 7.49. The van der Waals surface area contributed by atoms with Crippen molar-refractivity contribution in [3.8, 4) is 0 Å². The summed E-state index contributed by atoms with van der Waals surface area (Å²) < 4.78 is 0. The first-order valence-electron chi connectivity index (χ1n) is 8.91. The quantitative estimate of drug-likeness (QED) is 0.562. The van der Waals surface area contributed by atoms with E-state index in [2.05, 4.69) is 15.8 Å². The number of anilines is 1. The highest BCUT2D eigenvalue weighted by atomic mass is 16.2. The lowest BCUT2D eigenvalue weighted by Gasteiger charge is -2.07. The summed E-state index contributed by atoms with van der Waals surface area (Å²) >= 11 is 0. The molecule has 0 aliphatic heterocycles. The molecule has 2 aromatic carbocycles. The number of nitrogens with one attached hydrogen (secondary N) is 2. The maximum atomic E-state index is 12.2. The molecule has 0 aromatic heterocycles. The van der Waals surface area contributed by atoms with Gasteiger partial charge in [-0.25, -0.2) is 5.43 Å². The second-order valence-electron chi connectivity index (χ2n) is 6.66. The molecule has 2 aromatic rings. The van der Waals surface area contributed by atoms with Gasteiger partial charge in [0, 0.05) is 17.7 Å². The van der Waals surface area contributed by atoms with Crippen LogP contribution in [0.2, 0.25) is 0 Å². The standard InChI is InChI=1S/C22H25N3O2/c1-16(2)15-21(26)23-20-13-11-19(12-14-20)22(27)25-24-17(3)9-10-18-7-5-4-6-8-18/h4-14,16H,15H2,1-3H3,(H,23,26)(H,25,27). The molecule has 5 heteroatoms. The summed E-state index contributed by atoms with van der Waals surface area (Å²) in [5.41, 5.74) is 5.42. The molecule has 5 nitrogen and oxygen atoms in total. The lowest BCUT2D eigenvalue weighted by Crippen LogP contribution is -2.19. The predicted octanol–water partition coefficient (Wildman–Crippen LogP) is 4.49. The van der Waals surface area contributed by atoms with Gasteiger partial charge in [0.2, 0.25) is 5.91 Å². The zero-order valence-corrected chi connectivity index (χ0v) is 15.9. The van der Waals surface area contributed by atoms with Crippen LogP contribution < -0.4 is 10.7 Å². The van der Waals surface area contributed by atoms with Gasteiger partial charge in [-0.3, -0.25) is 9.59 Å². The predicted molar refractivity (Wildman–Crippen MR) is 111 cm³/mol. The fourth-order valence-corrected chi connectivity index (χ4v) is 2.31. The summed E-state index contributed by atoms with van der Waals surface area (Å²) in [6, 6.07) is 16.6. The first-order valence-corrected chi connectivity index (χ1v) is 8.91. The Hall–Kier alpha value is -3.21. The zero-order valence-electron chi connectivity index (χ0n) is 15.9. The number of hydrogen-bond donors (Lipinski definition) is 2. The molecule has 0 unspecified atom stereocenters. The van der Waals surface area contributed by atoms with Crippen molar-refractivity contribution in [1.82, 2.24) is 5.43 Å². The third kappa shape index (κ3) is 7.28. The van der Waals surface area contributed by atoms with Crippen molar-refractivity contribution in [2.45, 2.75) is 27.2 Å². The molecule has 2 N–H and O–H groups in total. The number of benzene rings is 2. The topological polar surface area (TPSA) is 70.6 Å². The molecule has 0 saturated carbocycles. The lowest BCUT2D eigenvalue weighted by atomic mass is 10.1. The SMILES string of the molecule is CC(C=Cc1ccccc1)=NNC(=O)c1ccc(NC(=O)CC(C)C)cc1. The van der Waals surface area contributed by atoms with E-state index in [1.807, 2.05) is 63.3 Å². The minimum Gasteiger partial charge on any atom is -0.326 e. The van der Waals surface area contributed by atoms with Gasteiger partial charge in [-0.1, -0.05) is 50.3 Å². The Labute approximate surface area is 160 Å². The van der Waals surface area contributed by atoms with Crippen LogP contribution in [0.3, 0.4) is 0 Å². The number of allylic oxidation sites excluding steroid dienone is 1. The third-order valence-electron chi connectivity index (χ3n) is 3.67. The van der Waals surface area contributed by atoms with E-state index in [-0.39, 0.29) is 11.8 Å². The van der Waals surface area contributed by atoms with Gasteiger partial charge in [-0.15, -0.1) is 0 Å². The Bertz CT molecular complexity index is 822. The number of hydrogen-bond acceptors (Lipinski definition) is 3. The molecule has 0 fully saturated rings. The smallest absolute Gasteiger partial charge is 0.271 e. The summed E-state index contributed by atoms with van der Waals surface area (Å²) in [6.07, 6.45) is 4.23. The van der Waals surface area contributed by atoms with Crippen LogP contribution in [0, 0.1) is 5.92 Å². The van der Waals surface area contributed by atoms with E-state index in [0.717, 1.165) is 5.56 Å². The van der Waals surface area contributed by atoms with Crippen LogP contribution in [-0.2, 0) is 4.79 Å². The Morgan fingerprint density at radius 2 is 1.70 bits per heavy atom. The summed E-state index contributed by atoms with van der Waals surface area (Å²) in [6.45, 7) is 5.79. The van der Waals surface area contributed by atoms with Gasteiger partial charge < -0.3 is 5.32 Å². The van der Waals surface area contributed by atoms with E-state index in [4.69, 9.17) is 0 Å². The Balaban J connectivity index is 1.90. The maximum Gasteiger partial charge on any atom is 0.271 e. The van der Waals surface area contributed by atoms with Gasteiger partial charge in [-0.05, 0) is 48.7 Å². The molecule has 0 spiro atoms. The number of carbonyl (C=O) groups excluding carboxylic acids is 2. The van der Waals surface area contributed by atoms with Gasteiger partial charge in [0.25, 0.3) is 5.91 Å². The van der Waals surface area contributed by atoms with E-state index in [0.29, 0.717) is 29.3 Å². The van der Waals surface area contributed by atoms with E-state index < -0.39 is 0 Å². The van der Waals surface area contributed by atoms with E-state index in [1.165, 1.54) is 0 Å². The first kappa shape index (κ1) is 20.1. The van der Waals surface area contributed by atoms with Crippen molar-refractivity contribution in [2.24, 2.45) is 11.0 Å². The van der Waals surface area contributed by atoms with Crippen LogP contribution in [-0.4, -0.2) is 17.5 Å². The summed E-state index contributed by atoms with van der Waals surface area (Å²) in [7, 11) is 0. The van der Waals surface area contributed by atoms with Crippen molar-refractivity contribution in [2.75, 3.05) is 5.32 Å². The second-order valence-corrected chi connectivity index (χ2v) is 6.66. The lowest BCUT2D eigenvalue weighted by molar-refractivity contribution is -0.116. The van der Waals surface area contributed by atoms with Crippen molar-refractivity contribution < 1.29 is 9.59 Å². The van der Waals surface area contributed by atoms with Crippen LogP contribution in [0.4, 0.5) is 5.69 Å². The first-order chi connectivity index (χ1) is 12.9.